The molecular weight excluding hydrogens is 192 g/mol. The van der Waals surface area contributed by atoms with Crippen molar-refractivity contribution in [3.63, 3.8) is 0 Å². The van der Waals surface area contributed by atoms with E-state index < -0.39 is 11.8 Å². The first-order chi connectivity index (χ1) is 7.17. The van der Waals surface area contributed by atoms with Gasteiger partial charge in [-0.2, -0.15) is 0 Å². The molecule has 15 heavy (non-hydrogen) atoms. The summed E-state index contributed by atoms with van der Waals surface area (Å²) in [6, 6.07) is 7.64. The van der Waals surface area contributed by atoms with E-state index in [9.17, 15) is 9.59 Å². The Labute approximate surface area is 89.1 Å². The Morgan fingerprint density at radius 2 is 1.67 bits per heavy atom. The van der Waals surface area contributed by atoms with Gasteiger partial charge in [-0.3, -0.25) is 4.79 Å². The molecule has 0 saturated carbocycles. The van der Waals surface area contributed by atoms with Gasteiger partial charge in [0, 0.05) is 6.42 Å². The third-order valence-corrected chi connectivity index (χ3v) is 2.21. The van der Waals surface area contributed by atoms with Crippen molar-refractivity contribution in [2.75, 3.05) is 7.11 Å². The van der Waals surface area contributed by atoms with E-state index in [2.05, 4.69) is 11.7 Å². The lowest BCUT2D eigenvalue weighted by atomic mass is 10.1. The first kappa shape index (κ1) is 11.4. The highest BCUT2D eigenvalue weighted by atomic mass is 16.5. The zero-order chi connectivity index (χ0) is 11.3. The molecule has 0 N–H and O–H groups in total. The summed E-state index contributed by atoms with van der Waals surface area (Å²) >= 11 is 0. The molecular formula is C12H14O3. The SMILES string of the molecule is CCc1ccc(CC(=O)C(=O)OC)cc1. The van der Waals surface area contributed by atoms with Crippen LogP contribution in [0.4, 0.5) is 0 Å². The number of ether oxygens (including phenoxy) is 1. The van der Waals surface area contributed by atoms with Crippen molar-refractivity contribution in [2.24, 2.45) is 0 Å². The molecule has 0 saturated heterocycles. The molecule has 0 atom stereocenters. The summed E-state index contributed by atoms with van der Waals surface area (Å²) in [6.45, 7) is 2.06. The quantitative estimate of drug-likeness (QED) is 0.554. The zero-order valence-electron chi connectivity index (χ0n) is 8.95. The van der Waals surface area contributed by atoms with Gasteiger partial charge in [-0.1, -0.05) is 31.2 Å². The van der Waals surface area contributed by atoms with Gasteiger partial charge in [0.05, 0.1) is 7.11 Å². The largest absolute Gasteiger partial charge is 0.463 e. The minimum absolute atomic E-state index is 0.108. The second-order valence-corrected chi connectivity index (χ2v) is 3.26. The summed E-state index contributed by atoms with van der Waals surface area (Å²) in [5.74, 6) is -1.30. The molecule has 0 aliphatic heterocycles. The molecule has 3 heteroatoms. The van der Waals surface area contributed by atoms with Gasteiger partial charge in [0.2, 0.25) is 5.78 Å². The lowest BCUT2D eigenvalue weighted by molar-refractivity contribution is -0.151. The lowest BCUT2D eigenvalue weighted by Crippen LogP contribution is -2.17. The molecule has 0 aromatic heterocycles. The average molecular weight is 206 g/mol. The molecule has 3 nitrogen and oxygen atoms in total. The average Bonchev–Trinajstić information content (AvgIpc) is 2.29. The highest BCUT2D eigenvalue weighted by Crippen LogP contribution is 2.06. The lowest BCUT2D eigenvalue weighted by Gasteiger charge is -2.01. The Morgan fingerprint density at radius 1 is 1.13 bits per heavy atom. The van der Waals surface area contributed by atoms with Crippen LogP contribution in [-0.4, -0.2) is 18.9 Å². The molecule has 1 rings (SSSR count). The number of carbonyl (C=O) groups excluding carboxylic acids is 2. The zero-order valence-corrected chi connectivity index (χ0v) is 8.95. The molecule has 0 bridgehead atoms. The molecule has 0 aliphatic rings. The van der Waals surface area contributed by atoms with Gasteiger partial charge in [-0.15, -0.1) is 0 Å². The summed E-state index contributed by atoms with van der Waals surface area (Å²) < 4.78 is 4.34. The molecule has 0 heterocycles. The minimum atomic E-state index is -0.783. The topological polar surface area (TPSA) is 43.4 Å². The van der Waals surface area contributed by atoms with E-state index in [1.54, 1.807) is 0 Å². The molecule has 0 amide bonds. The van der Waals surface area contributed by atoms with E-state index >= 15 is 0 Å². The van der Waals surface area contributed by atoms with E-state index in [-0.39, 0.29) is 6.42 Å². The predicted molar refractivity (Wildman–Crippen MR) is 56.5 cm³/mol. The number of ketones is 1. The van der Waals surface area contributed by atoms with Crippen molar-refractivity contribution < 1.29 is 14.3 Å². The van der Waals surface area contributed by atoms with Crippen LogP contribution in [0.1, 0.15) is 18.1 Å². The third-order valence-electron chi connectivity index (χ3n) is 2.21. The molecule has 80 valence electrons. The maximum Gasteiger partial charge on any atom is 0.374 e. The first-order valence-corrected chi connectivity index (χ1v) is 4.86. The maximum absolute atomic E-state index is 11.2. The molecule has 1 aromatic carbocycles. The molecule has 0 aliphatic carbocycles. The second kappa shape index (κ2) is 5.29. The number of aryl methyl sites for hydroxylation is 1. The fourth-order valence-electron chi connectivity index (χ4n) is 1.26. The van der Waals surface area contributed by atoms with E-state index in [0.717, 1.165) is 12.0 Å². The second-order valence-electron chi connectivity index (χ2n) is 3.26. The number of esters is 1. The fraction of sp³-hybridized carbons (Fsp3) is 0.333. The van der Waals surface area contributed by atoms with E-state index in [1.807, 2.05) is 24.3 Å². The monoisotopic (exact) mass is 206 g/mol. The highest BCUT2D eigenvalue weighted by molar-refractivity contribution is 6.34. The molecule has 0 fully saturated rings. The van der Waals surface area contributed by atoms with Crippen molar-refractivity contribution in [1.29, 1.82) is 0 Å². The predicted octanol–water partition coefficient (Wildman–Crippen LogP) is 1.53. The number of Topliss-reactive ketones (excluding diaryl/α,β-unsaturated/α-hetero) is 1. The van der Waals surface area contributed by atoms with E-state index in [0.29, 0.717) is 0 Å². The maximum atomic E-state index is 11.2. The van der Waals surface area contributed by atoms with Gasteiger partial charge in [-0.25, -0.2) is 4.79 Å². The number of rotatable bonds is 4. The van der Waals surface area contributed by atoms with Crippen LogP contribution < -0.4 is 0 Å². The van der Waals surface area contributed by atoms with Crippen LogP contribution in [0.3, 0.4) is 0 Å². The number of hydrogen-bond donors (Lipinski definition) is 0. The standard InChI is InChI=1S/C12H14O3/c1-3-9-4-6-10(7-5-9)8-11(13)12(14)15-2/h4-7H,3,8H2,1-2H3. The van der Waals surface area contributed by atoms with Gasteiger partial charge >= 0.3 is 5.97 Å². The number of methoxy groups -OCH3 is 1. The summed E-state index contributed by atoms with van der Waals surface area (Å²) in [5, 5.41) is 0. The number of benzene rings is 1. The van der Waals surface area contributed by atoms with Crippen molar-refractivity contribution >= 4 is 11.8 Å². The van der Waals surface area contributed by atoms with Crippen LogP contribution in [0.2, 0.25) is 0 Å². The molecule has 0 spiro atoms. The molecule has 1 aromatic rings. The van der Waals surface area contributed by atoms with Crippen LogP contribution in [0.15, 0.2) is 24.3 Å². The van der Waals surface area contributed by atoms with Crippen molar-refractivity contribution in [3.8, 4) is 0 Å². The summed E-state index contributed by atoms with van der Waals surface area (Å²) in [6.07, 6.45) is 1.07. The Morgan fingerprint density at radius 3 is 2.13 bits per heavy atom. The van der Waals surface area contributed by atoms with Gasteiger partial charge in [-0.05, 0) is 17.5 Å². The minimum Gasteiger partial charge on any atom is -0.463 e. The molecule has 0 radical (unpaired) electrons. The van der Waals surface area contributed by atoms with Crippen LogP contribution in [0.5, 0.6) is 0 Å². The highest BCUT2D eigenvalue weighted by Gasteiger charge is 2.13. The van der Waals surface area contributed by atoms with Crippen molar-refractivity contribution in [3.05, 3.63) is 35.4 Å². The van der Waals surface area contributed by atoms with E-state index in [1.165, 1.54) is 12.7 Å². The van der Waals surface area contributed by atoms with Crippen LogP contribution in [0, 0.1) is 0 Å². The van der Waals surface area contributed by atoms with Crippen molar-refractivity contribution in [1.82, 2.24) is 0 Å². The fourth-order valence-corrected chi connectivity index (χ4v) is 1.26. The van der Waals surface area contributed by atoms with Crippen molar-refractivity contribution in [2.45, 2.75) is 19.8 Å². The van der Waals surface area contributed by atoms with Crippen LogP contribution in [-0.2, 0) is 27.2 Å². The van der Waals surface area contributed by atoms with Gasteiger partial charge in [0.15, 0.2) is 0 Å². The number of carbonyl (C=O) groups is 2. The Kier molecular flexibility index (Phi) is 4.03. The first-order valence-electron chi connectivity index (χ1n) is 4.86. The van der Waals surface area contributed by atoms with E-state index in [4.69, 9.17) is 0 Å². The third kappa shape index (κ3) is 3.20. The summed E-state index contributed by atoms with van der Waals surface area (Å²) in [4.78, 5) is 22.1. The number of hydrogen-bond acceptors (Lipinski definition) is 3. The normalized spacial score (nSPS) is 9.73. The summed E-state index contributed by atoms with van der Waals surface area (Å²) in [7, 11) is 1.21. The van der Waals surface area contributed by atoms with Gasteiger partial charge in [0.1, 0.15) is 0 Å². The molecule has 0 unspecified atom stereocenters. The van der Waals surface area contributed by atoms with Gasteiger partial charge in [0.25, 0.3) is 0 Å². The Balaban J connectivity index is 2.65. The Bertz CT molecular complexity index is 352. The van der Waals surface area contributed by atoms with Crippen LogP contribution >= 0.6 is 0 Å². The summed E-state index contributed by atoms with van der Waals surface area (Å²) in [5.41, 5.74) is 2.05. The van der Waals surface area contributed by atoms with Crippen LogP contribution in [0.25, 0.3) is 0 Å². The Hall–Kier alpha value is -1.64. The smallest absolute Gasteiger partial charge is 0.374 e. The van der Waals surface area contributed by atoms with Gasteiger partial charge < -0.3 is 4.74 Å².